The van der Waals surface area contributed by atoms with Crippen molar-refractivity contribution in [1.82, 2.24) is 10.7 Å². The number of carbonyl (C=O) groups excluding carboxylic acids is 1. The minimum absolute atomic E-state index is 0.272. The monoisotopic (exact) mass is 781 g/mol. The molecule has 308 valence electrons. The number of aliphatic hydroxyl groups is 1. The van der Waals surface area contributed by atoms with Crippen LogP contribution in [0.4, 0.5) is 0 Å². The Morgan fingerprint density at radius 3 is 1.98 bits per heavy atom. The van der Waals surface area contributed by atoms with E-state index in [0.717, 1.165) is 126 Å². The first-order chi connectivity index (χ1) is 27.8. The smallest absolute Gasteiger partial charge is 0.232 e. The number of quaternary nitrogens is 1. The van der Waals surface area contributed by atoms with Gasteiger partial charge in [-0.2, -0.15) is 0 Å². The molecule has 5 rings (SSSR count). The van der Waals surface area contributed by atoms with Gasteiger partial charge < -0.3 is 30.2 Å². The van der Waals surface area contributed by atoms with Crippen LogP contribution in [-0.2, 0) is 27.9 Å². The van der Waals surface area contributed by atoms with Gasteiger partial charge in [0.1, 0.15) is 17.3 Å². The van der Waals surface area contributed by atoms with Crippen LogP contribution in [0.1, 0.15) is 105 Å². The van der Waals surface area contributed by atoms with Crippen molar-refractivity contribution in [1.29, 1.82) is 0 Å². The number of benzene rings is 4. The van der Waals surface area contributed by atoms with E-state index in [-0.39, 0.29) is 11.3 Å². The van der Waals surface area contributed by atoms with Crippen LogP contribution in [0.5, 0.6) is 5.75 Å². The maximum Gasteiger partial charge on any atom is 0.232 e. The highest BCUT2D eigenvalue weighted by Crippen LogP contribution is 2.38. The highest BCUT2D eigenvalue weighted by molar-refractivity contribution is 5.90. The second-order valence-corrected chi connectivity index (χ2v) is 15.7. The van der Waals surface area contributed by atoms with Crippen molar-refractivity contribution in [3.63, 3.8) is 0 Å². The van der Waals surface area contributed by atoms with Gasteiger partial charge in [-0.25, -0.2) is 0 Å². The highest BCUT2D eigenvalue weighted by atomic mass is 17.1. The van der Waals surface area contributed by atoms with E-state index in [1.165, 1.54) is 5.56 Å². The zero-order valence-electron chi connectivity index (χ0n) is 33.6. The largest absolute Gasteiger partial charge is 0.387 e. The van der Waals surface area contributed by atoms with E-state index < -0.39 is 11.5 Å². The summed E-state index contributed by atoms with van der Waals surface area (Å²) in [6.07, 6.45) is 11.6. The fourth-order valence-electron chi connectivity index (χ4n) is 8.45. The molecule has 6 N–H and O–H groups in total. The molecule has 0 saturated carbocycles. The van der Waals surface area contributed by atoms with Crippen LogP contribution in [0, 0.1) is 0 Å². The molecule has 10 heteroatoms. The number of ether oxygens (including phenoxy) is 1. The van der Waals surface area contributed by atoms with Crippen molar-refractivity contribution in [2.24, 2.45) is 5.73 Å². The third-order valence-corrected chi connectivity index (χ3v) is 11.7. The van der Waals surface area contributed by atoms with Crippen LogP contribution >= 0.6 is 0 Å². The van der Waals surface area contributed by atoms with Gasteiger partial charge in [-0.15, -0.1) is 0 Å². The average molecular weight is 782 g/mol. The summed E-state index contributed by atoms with van der Waals surface area (Å²) in [6, 6.07) is 35.6. The van der Waals surface area contributed by atoms with Crippen LogP contribution in [0.25, 0.3) is 0 Å². The van der Waals surface area contributed by atoms with Crippen molar-refractivity contribution >= 4 is 5.91 Å². The molecule has 1 unspecified atom stereocenters. The van der Waals surface area contributed by atoms with Crippen LogP contribution in [0.2, 0.25) is 0 Å². The molecule has 1 fully saturated rings. The van der Waals surface area contributed by atoms with Gasteiger partial charge in [0, 0.05) is 26.2 Å². The summed E-state index contributed by atoms with van der Waals surface area (Å²) in [5.74, 6) is -0.0884. The molecule has 0 aromatic heterocycles. The fourth-order valence-corrected chi connectivity index (χ4v) is 8.45. The zero-order chi connectivity index (χ0) is 40.2. The van der Waals surface area contributed by atoms with Gasteiger partial charge in [0.15, 0.2) is 5.75 Å². The lowest BCUT2D eigenvalue weighted by atomic mass is 9.71. The molecular formula is C47H65N4O6+. The van der Waals surface area contributed by atoms with E-state index in [4.69, 9.17) is 15.3 Å². The molecule has 1 heterocycles. The quantitative estimate of drug-likeness (QED) is 0.0259. The van der Waals surface area contributed by atoms with Crippen molar-refractivity contribution in [2.75, 3.05) is 45.9 Å². The van der Waals surface area contributed by atoms with Gasteiger partial charge in [0.2, 0.25) is 5.91 Å². The van der Waals surface area contributed by atoms with Gasteiger partial charge in [0.25, 0.3) is 0 Å². The molecule has 57 heavy (non-hydrogen) atoms. The van der Waals surface area contributed by atoms with Gasteiger partial charge in [0.05, 0.1) is 31.3 Å². The predicted molar refractivity (Wildman–Crippen MR) is 223 cm³/mol. The third-order valence-electron chi connectivity index (χ3n) is 11.7. The molecule has 0 spiro atoms. The second kappa shape index (κ2) is 23.3. The zero-order valence-corrected chi connectivity index (χ0v) is 33.6. The molecule has 0 radical (unpaired) electrons. The number of nitrogens with two attached hydrogens (primary N) is 1. The number of likely N-dealkylation sites (tertiary alicyclic amines) is 1. The highest BCUT2D eigenvalue weighted by Gasteiger charge is 2.43. The number of rotatable bonds is 25. The molecule has 0 bridgehead atoms. The minimum atomic E-state index is -1.04. The molecule has 0 aliphatic carbocycles. The molecule has 1 atom stereocenters. The number of aryl methyl sites for hydroxylation is 1. The van der Waals surface area contributed by atoms with Crippen LogP contribution < -0.4 is 15.9 Å². The lowest BCUT2D eigenvalue weighted by Crippen LogP contribution is -2.53. The average Bonchev–Trinajstić information content (AvgIpc) is 3.47. The SMILES string of the molecule is NC(=O)C(CC[N+]1(Cc2cc(C(O)CNCCCCCCOCCCCc3ccccc3)ccc2ON(O)O)CCCCCC1)(c1ccccc1)c1ccccc1. The Balaban J connectivity index is 1.17. The van der Waals surface area contributed by atoms with E-state index in [1.807, 2.05) is 66.7 Å². The van der Waals surface area contributed by atoms with E-state index in [0.29, 0.717) is 36.3 Å². The van der Waals surface area contributed by atoms with Gasteiger partial charge in [-0.3, -0.25) is 15.2 Å². The number of hydrogen-bond donors (Lipinski definition) is 5. The standard InChI is InChI=1S/C47H64N4O6/c48-46(53)47(42-23-10-6-11-24-42,43-25-12-7-13-26-43)29-33-51(31-16-2-3-17-32-51)38-41-36-40(27-28-45(41)57-50(54)55)44(52)37-49-30-15-1-4-18-34-56-35-19-14-22-39-20-8-5-9-21-39/h5-13,20-21,23-28,36,44,49,52,54-55H,1-4,14-19,22,29-35,37-38H2,(H-,48,53)/p+1. The lowest BCUT2D eigenvalue weighted by molar-refractivity contribution is -0.940. The Morgan fingerprint density at radius 1 is 0.772 bits per heavy atom. The van der Waals surface area contributed by atoms with E-state index in [2.05, 4.69) is 35.6 Å². The van der Waals surface area contributed by atoms with Gasteiger partial charge in [-0.05, 0) is 98.7 Å². The summed E-state index contributed by atoms with van der Waals surface area (Å²) in [7, 11) is 0. The molecule has 1 saturated heterocycles. The van der Waals surface area contributed by atoms with Crippen LogP contribution in [0.3, 0.4) is 0 Å². The number of unbranched alkanes of at least 4 members (excludes halogenated alkanes) is 4. The normalized spacial score (nSPS) is 14.9. The van der Waals surface area contributed by atoms with Gasteiger partial charge >= 0.3 is 0 Å². The Bertz CT molecular complexity index is 1680. The number of aliphatic hydroxyl groups excluding tert-OH is 1. The van der Waals surface area contributed by atoms with Crippen molar-refractivity contribution in [3.8, 4) is 5.75 Å². The van der Waals surface area contributed by atoms with E-state index >= 15 is 0 Å². The molecule has 10 nitrogen and oxygen atoms in total. The Kier molecular flexibility index (Phi) is 18.0. The number of carbonyl (C=O) groups is 1. The predicted octanol–water partition coefficient (Wildman–Crippen LogP) is 8.04. The Morgan fingerprint density at radius 2 is 1.37 bits per heavy atom. The summed E-state index contributed by atoms with van der Waals surface area (Å²) in [5.41, 5.74) is 9.92. The van der Waals surface area contributed by atoms with Gasteiger partial charge in [-0.1, -0.05) is 110 Å². The molecule has 1 aliphatic rings. The number of amides is 1. The maximum absolute atomic E-state index is 13.7. The van der Waals surface area contributed by atoms with Crippen molar-refractivity contribution in [3.05, 3.63) is 137 Å². The van der Waals surface area contributed by atoms with Crippen LogP contribution in [-0.4, -0.2) is 77.2 Å². The maximum atomic E-state index is 13.7. The van der Waals surface area contributed by atoms with E-state index in [9.17, 15) is 20.3 Å². The van der Waals surface area contributed by atoms with Crippen LogP contribution in [0.15, 0.2) is 109 Å². The summed E-state index contributed by atoms with van der Waals surface area (Å²) in [4.78, 5) is 19.0. The minimum Gasteiger partial charge on any atom is -0.387 e. The first-order valence-electron chi connectivity index (χ1n) is 21.1. The van der Waals surface area contributed by atoms with Crippen molar-refractivity contribution in [2.45, 2.75) is 95.1 Å². The molecule has 1 aliphatic heterocycles. The Labute approximate surface area is 339 Å². The molecule has 4 aromatic rings. The Hall–Kier alpha value is -4.13. The topological polar surface area (TPSA) is 138 Å². The van der Waals surface area contributed by atoms with Crippen molar-refractivity contribution < 1.29 is 34.4 Å². The molecular weight excluding hydrogens is 717 g/mol. The number of nitrogens with one attached hydrogen (secondary N) is 1. The third kappa shape index (κ3) is 13.5. The summed E-state index contributed by atoms with van der Waals surface area (Å²) < 4.78 is 6.51. The number of hydrogen-bond acceptors (Lipinski definition) is 8. The number of nitrogens with zero attached hydrogens (tertiary/aromatic N) is 2. The molecule has 1 amide bonds. The fraction of sp³-hybridized carbons (Fsp3) is 0.468. The number of primary amides is 1. The first-order valence-corrected chi connectivity index (χ1v) is 21.1. The summed E-state index contributed by atoms with van der Waals surface area (Å²) in [6.45, 7) is 5.77. The van der Waals surface area contributed by atoms with E-state index in [1.54, 1.807) is 12.1 Å². The summed E-state index contributed by atoms with van der Waals surface area (Å²) >= 11 is 0. The molecule has 4 aromatic carbocycles. The summed E-state index contributed by atoms with van der Waals surface area (Å²) in [5, 5.41) is 33.9. The first kappa shape index (κ1) is 44.0. The second-order valence-electron chi connectivity index (χ2n) is 15.7. The lowest BCUT2D eigenvalue weighted by Gasteiger charge is -2.42.